The standard InChI is InChI=1S/C14H18N2O/c1-2-3-9-15-12-10-14(17)16(11-12)13-7-5-4-6-8-13/h4-8,10,15H,2-3,9,11H2,1H3. The van der Waals surface area contributed by atoms with Crippen molar-refractivity contribution in [3.05, 3.63) is 42.1 Å². The van der Waals surface area contributed by atoms with Gasteiger partial charge in [0.15, 0.2) is 0 Å². The summed E-state index contributed by atoms with van der Waals surface area (Å²) >= 11 is 0. The monoisotopic (exact) mass is 230 g/mol. The van der Waals surface area contributed by atoms with Crippen molar-refractivity contribution in [1.29, 1.82) is 0 Å². The summed E-state index contributed by atoms with van der Waals surface area (Å²) in [7, 11) is 0. The van der Waals surface area contributed by atoms with Gasteiger partial charge in [0, 0.05) is 24.0 Å². The van der Waals surface area contributed by atoms with Crippen molar-refractivity contribution in [3.63, 3.8) is 0 Å². The minimum atomic E-state index is 0.0650. The molecule has 17 heavy (non-hydrogen) atoms. The summed E-state index contributed by atoms with van der Waals surface area (Å²) in [4.78, 5) is 13.6. The lowest BCUT2D eigenvalue weighted by atomic mass is 10.3. The Labute approximate surface area is 102 Å². The summed E-state index contributed by atoms with van der Waals surface area (Å²) < 4.78 is 0. The molecule has 0 unspecified atom stereocenters. The molecule has 1 N–H and O–H groups in total. The third kappa shape index (κ3) is 2.87. The summed E-state index contributed by atoms with van der Waals surface area (Å²) in [5.74, 6) is 0.0650. The molecule has 0 atom stereocenters. The van der Waals surface area contributed by atoms with Crippen molar-refractivity contribution in [2.45, 2.75) is 19.8 Å². The maximum atomic E-state index is 11.8. The number of amides is 1. The normalized spacial score (nSPS) is 15.0. The largest absolute Gasteiger partial charge is 0.387 e. The van der Waals surface area contributed by atoms with Gasteiger partial charge in [-0.3, -0.25) is 4.79 Å². The Bertz CT molecular complexity index is 411. The maximum Gasteiger partial charge on any atom is 0.253 e. The summed E-state index contributed by atoms with van der Waals surface area (Å²) in [5, 5.41) is 3.31. The SMILES string of the molecule is CCCCNC1=CC(=O)N(c2ccccc2)C1. The summed E-state index contributed by atoms with van der Waals surface area (Å²) in [5.41, 5.74) is 1.98. The lowest BCUT2D eigenvalue weighted by Crippen LogP contribution is -2.27. The van der Waals surface area contributed by atoms with Crippen molar-refractivity contribution in [1.82, 2.24) is 5.32 Å². The van der Waals surface area contributed by atoms with E-state index in [-0.39, 0.29) is 5.91 Å². The number of anilines is 1. The van der Waals surface area contributed by atoms with Gasteiger partial charge in [-0.05, 0) is 18.6 Å². The molecular formula is C14H18N2O. The van der Waals surface area contributed by atoms with E-state index < -0.39 is 0 Å². The first-order valence-corrected chi connectivity index (χ1v) is 6.12. The van der Waals surface area contributed by atoms with Crippen LogP contribution < -0.4 is 10.2 Å². The number of nitrogens with zero attached hydrogens (tertiary/aromatic N) is 1. The highest BCUT2D eigenvalue weighted by Crippen LogP contribution is 2.19. The van der Waals surface area contributed by atoms with Gasteiger partial charge in [0.1, 0.15) is 0 Å². The van der Waals surface area contributed by atoms with Gasteiger partial charge in [-0.25, -0.2) is 0 Å². The molecule has 1 aliphatic rings. The Hall–Kier alpha value is -1.77. The van der Waals surface area contributed by atoms with Crippen LogP contribution >= 0.6 is 0 Å². The number of rotatable bonds is 5. The van der Waals surface area contributed by atoms with Crippen LogP contribution in [0.1, 0.15) is 19.8 Å². The number of carbonyl (C=O) groups is 1. The molecule has 0 bridgehead atoms. The number of unbranched alkanes of at least 4 members (excludes halogenated alkanes) is 1. The molecule has 0 saturated carbocycles. The van der Waals surface area contributed by atoms with E-state index in [1.807, 2.05) is 30.3 Å². The van der Waals surface area contributed by atoms with Crippen molar-refractivity contribution >= 4 is 11.6 Å². The predicted octanol–water partition coefficient (Wildman–Crippen LogP) is 2.31. The number of carbonyl (C=O) groups excluding carboxylic acids is 1. The Kier molecular flexibility index (Phi) is 3.81. The molecule has 1 heterocycles. The van der Waals surface area contributed by atoms with E-state index in [9.17, 15) is 4.79 Å². The van der Waals surface area contributed by atoms with Crippen molar-refractivity contribution < 1.29 is 4.79 Å². The van der Waals surface area contributed by atoms with E-state index in [1.54, 1.807) is 11.0 Å². The Morgan fingerprint density at radius 1 is 1.29 bits per heavy atom. The highest BCUT2D eigenvalue weighted by Gasteiger charge is 2.22. The lowest BCUT2D eigenvalue weighted by molar-refractivity contribution is -0.113. The number of hydrogen-bond donors (Lipinski definition) is 1. The van der Waals surface area contributed by atoms with Crippen LogP contribution in [0.3, 0.4) is 0 Å². The molecule has 0 radical (unpaired) electrons. The molecule has 90 valence electrons. The highest BCUT2D eigenvalue weighted by atomic mass is 16.2. The second kappa shape index (κ2) is 5.53. The molecule has 1 aromatic carbocycles. The molecule has 3 nitrogen and oxygen atoms in total. The fourth-order valence-electron chi connectivity index (χ4n) is 1.88. The number of benzene rings is 1. The minimum Gasteiger partial charge on any atom is -0.387 e. The molecular weight excluding hydrogens is 212 g/mol. The molecule has 3 heteroatoms. The third-order valence-corrected chi connectivity index (χ3v) is 2.84. The van der Waals surface area contributed by atoms with Crippen LogP contribution in [0.5, 0.6) is 0 Å². The van der Waals surface area contributed by atoms with Crippen LogP contribution in [0.15, 0.2) is 42.1 Å². The fourth-order valence-corrected chi connectivity index (χ4v) is 1.88. The van der Waals surface area contributed by atoms with Crippen molar-refractivity contribution in [3.8, 4) is 0 Å². The average Bonchev–Trinajstić information content (AvgIpc) is 2.72. The first kappa shape index (κ1) is 11.7. The van der Waals surface area contributed by atoms with Gasteiger partial charge in [0.25, 0.3) is 5.91 Å². The molecule has 1 amide bonds. The first-order chi connectivity index (χ1) is 8.31. The van der Waals surface area contributed by atoms with Crippen molar-refractivity contribution in [2.24, 2.45) is 0 Å². The van der Waals surface area contributed by atoms with Gasteiger partial charge in [-0.15, -0.1) is 0 Å². The molecule has 2 rings (SSSR count). The van der Waals surface area contributed by atoms with Crippen LogP contribution in [0.4, 0.5) is 5.69 Å². The Balaban J connectivity index is 1.95. The van der Waals surface area contributed by atoms with E-state index in [4.69, 9.17) is 0 Å². The molecule has 0 aromatic heterocycles. The zero-order valence-corrected chi connectivity index (χ0v) is 10.1. The van der Waals surface area contributed by atoms with Crippen LogP contribution in [0.2, 0.25) is 0 Å². The Morgan fingerprint density at radius 3 is 2.76 bits per heavy atom. The molecule has 0 saturated heterocycles. The number of nitrogens with one attached hydrogen (secondary N) is 1. The van der Waals surface area contributed by atoms with E-state index >= 15 is 0 Å². The topological polar surface area (TPSA) is 32.3 Å². The van der Waals surface area contributed by atoms with E-state index in [1.165, 1.54) is 0 Å². The smallest absolute Gasteiger partial charge is 0.253 e. The number of para-hydroxylation sites is 1. The Morgan fingerprint density at radius 2 is 2.06 bits per heavy atom. The van der Waals surface area contributed by atoms with Gasteiger partial charge in [-0.2, -0.15) is 0 Å². The van der Waals surface area contributed by atoms with E-state index in [2.05, 4.69) is 12.2 Å². The van der Waals surface area contributed by atoms with Gasteiger partial charge in [0.2, 0.25) is 0 Å². The molecule has 0 spiro atoms. The van der Waals surface area contributed by atoms with Crippen LogP contribution in [-0.4, -0.2) is 19.0 Å². The minimum absolute atomic E-state index is 0.0650. The quantitative estimate of drug-likeness (QED) is 0.787. The second-order valence-electron chi connectivity index (χ2n) is 4.21. The zero-order valence-electron chi connectivity index (χ0n) is 10.1. The highest BCUT2D eigenvalue weighted by molar-refractivity contribution is 6.04. The predicted molar refractivity (Wildman–Crippen MR) is 69.8 cm³/mol. The summed E-state index contributed by atoms with van der Waals surface area (Å²) in [6.07, 6.45) is 4.00. The van der Waals surface area contributed by atoms with Gasteiger partial charge in [-0.1, -0.05) is 31.5 Å². The molecule has 1 aliphatic heterocycles. The van der Waals surface area contributed by atoms with Crippen LogP contribution in [0.25, 0.3) is 0 Å². The lowest BCUT2D eigenvalue weighted by Gasteiger charge is -2.16. The van der Waals surface area contributed by atoms with Crippen molar-refractivity contribution in [2.75, 3.05) is 18.0 Å². The van der Waals surface area contributed by atoms with Gasteiger partial charge in [0.05, 0.1) is 6.54 Å². The average molecular weight is 230 g/mol. The van der Waals surface area contributed by atoms with Crippen LogP contribution in [-0.2, 0) is 4.79 Å². The summed E-state index contributed by atoms with van der Waals surface area (Å²) in [6.45, 7) is 3.76. The second-order valence-corrected chi connectivity index (χ2v) is 4.21. The maximum absolute atomic E-state index is 11.8. The zero-order chi connectivity index (χ0) is 12.1. The van der Waals surface area contributed by atoms with Gasteiger partial charge < -0.3 is 10.2 Å². The van der Waals surface area contributed by atoms with Gasteiger partial charge >= 0.3 is 0 Å². The van der Waals surface area contributed by atoms with E-state index in [0.29, 0.717) is 6.54 Å². The summed E-state index contributed by atoms with van der Waals surface area (Å²) in [6, 6.07) is 9.77. The fraction of sp³-hybridized carbons (Fsp3) is 0.357. The molecule has 1 aromatic rings. The molecule has 0 fully saturated rings. The first-order valence-electron chi connectivity index (χ1n) is 6.12. The number of hydrogen-bond acceptors (Lipinski definition) is 2. The van der Waals surface area contributed by atoms with E-state index in [0.717, 1.165) is 30.8 Å². The van der Waals surface area contributed by atoms with Crippen LogP contribution in [0, 0.1) is 0 Å². The molecule has 0 aliphatic carbocycles. The third-order valence-electron chi connectivity index (χ3n) is 2.84.